The summed E-state index contributed by atoms with van der Waals surface area (Å²) in [6.07, 6.45) is 51.5. The first-order valence-electron chi connectivity index (χ1n) is 24.8. The van der Waals surface area contributed by atoms with Gasteiger partial charge in [0.05, 0.1) is 0 Å². The molecule has 0 saturated carbocycles. The summed E-state index contributed by atoms with van der Waals surface area (Å²) < 4.78 is 16.8. The smallest absolute Gasteiger partial charge is 0.306 e. The van der Waals surface area contributed by atoms with Crippen LogP contribution in [0.4, 0.5) is 0 Å². The second kappa shape index (κ2) is 46.6. The monoisotopic (exact) mass is 803 g/mol. The highest BCUT2D eigenvalue weighted by molar-refractivity contribution is 5.71. The lowest BCUT2D eigenvalue weighted by atomic mass is 10.0. The van der Waals surface area contributed by atoms with Crippen molar-refractivity contribution < 1.29 is 28.6 Å². The standard InChI is InChI=1S/C51H94O6/c1-4-7-10-13-16-19-22-25-27-29-32-35-38-41-44-50(53)56-47-48(46-55-49(52)43-40-37-34-31-28-24-21-18-15-12-9-6-3)57-51(54)45-42-39-36-33-30-26-23-20-17-14-11-8-5-2/h20,22-23,25,48H,4-19,21,24,26-47H2,1-3H3/b23-20-,25-22-. The molecular formula is C51H94O6. The third-order valence-corrected chi connectivity index (χ3v) is 10.9. The normalized spacial score (nSPS) is 12.1. The average Bonchev–Trinajstić information content (AvgIpc) is 3.21. The fourth-order valence-electron chi connectivity index (χ4n) is 7.14. The van der Waals surface area contributed by atoms with E-state index in [1.54, 1.807) is 0 Å². The van der Waals surface area contributed by atoms with Crippen molar-refractivity contribution in [2.75, 3.05) is 13.2 Å². The van der Waals surface area contributed by atoms with Gasteiger partial charge in [0.1, 0.15) is 13.2 Å². The molecule has 0 radical (unpaired) electrons. The average molecular weight is 803 g/mol. The fourth-order valence-corrected chi connectivity index (χ4v) is 7.14. The van der Waals surface area contributed by atoms with Crippen molar-refractivity contribution in [3.63, 3.8) is 0 Å². The fraction of sp³-hybridized carbons (Fsp3) is 0.863. The second-order valence-corrected chi connectivity index (χ2v) is 16.7. The van der Waals surface area contributed by atoms with Crippen LogP contribution in [-0.2, 0) is 28.6 Å². The van der Waals surface area contributed by atoms with Gasteiger partial charge in [0.2, 0.25) is 0 Å². The Labute approximate surface area is 353 Å². The Morgan fingerprint density at radius 1 is 0.333 bits per heavy atom. The highest BCUT2D eigenvalue weighted by Crippen LogP contribution is 2.15. The molecule has 0 aromatic rings. The number of rotatable bonds is 45. The van der Waals surface area contributed by atoms with Crippen molar-refractivity contribution in [1.82, 2.24) is 0 Å². The van der Waals surface area contributed by atoms with Gasteiger partial charge in [-0.3, -0.25) is 14.4 Å². The van der Waals surface area contributed by atoms with E-state index < -0.39 is 6.10 Å². The Balaban J connectivity index is 4.37. The number of carbonyl (C=O) groups is 3. The SMILES string of the molecule is CCCCCC/C=C\CCCCCCCC(=O)OC(COC(=O)CCCCCCC/C=C\CCCCCCC)COC(=O)CCCCCCCCCCCCCC. The largest absolute Gasteiger partial charge is 0.462 e. The van der Waals surface area contributed by atoms with E-state index in [0.29, 0.717) is 19.3 Å². The summed E-state index contributed by atoms with van der Waals surface area (Å²) in [7, 11) is 0. The summed E-state index contributed by atoms with van der Waals surface area (Å²) >= 11 is 0. The Morgan fingerprint density at radius 2 is 0.579 bits per heavy atom. The van der Waals surface area contributed by atoms with Gasteiger partial charge in [-0.05, 0) is 70.6 Å². The Hall–Kier alpha value is -2.11. The molecule has 0 aliphatic rings. The van der Waals surface area contributed by atoms with Crippen molar-refractivity contribution >= 4 is 17.9 Å². The lowest BCUT2D eigenvalue weighted by Crippen LogP contribution is -2.30. The van der Waals surface area contributed by atoms with Crippen LogP contribution in [0.1, 0.15) is 265 Å². The van der Waals surface area contributed by atoms with Crippen molar-refractivity contribution in [3.05, 3.63) is 24.3 Å². The van der Waals surface area contributed by atoms with E-state index >= 15 is 0 Å². The van der Waals surface area contributed by atoms with Gasteiger partial charge in [-0.15, -0.1) is 0 Å². The zero-order valence-corrected chi connectivity index (χ0v) is 38.1. The summed E-state index contributed by atoms with van der Waals surface area (Å²) in [5.41, 5.74) is 0. The van der Waals surface area contributed by atoms with E-state index in [0.717, 1.165) is 70.6 Å². The van der Waals surface area contributed by atoms with Crippen molar-refractivity contribution in [1.29, 1.82) is 0 Å². The van der Waals surface area contributed by atoms with Crippen molar-refractivity contribution in [2.24, 2.45) is 0 Å². The van der Waals surface area contributed by atoms with Gasteiger partial charge in [-0.1, -0.05) is 199 Å². The van der Waals surface area contributed by atoms with Gasteiger partial charge in [-0.25, -0.2) is 0 Å². The molecule has 0 aromatic carbocycles. The first kappa shape index (κ1) is 54.9. The van der Waals surface area contributed by atoms with Crippen LogP contribution in [0.25, 0.3) is 0 Å². The molecule has 0 aromatic heterocycles. The highest BCUT2D eigenvalue weighted by atomic mass is 16.6. The molecule has 0 aliphatic carbocycles. The molecule has 0 bridgehead atoms. The van der Waals surface area contributed by atoms with E-state index in [-0.39, 0.29) is 31.1 Å². The summed E-state index contributed by atoms with van der Waals surface area (Å²) in [6.45, 7) is 6.61. The molecule has 57 heavy (non-hydrogen) atoms. The molecule has 0 heterocycles. The Kier molecular flexibility index (Phi) is 44.9. The van der Waals surface area contributed by atoms with Crippen molar-refractivity contribution in [2.45, 2.75) is 271 Å². The van der Waals surface area contributed by atoms with Gasteiger partial charge in [-0.2, -0.15) is 0 Å². The second-order valence-electron chi connectivity index (χ2n) is 16.7. The molecular weight excluding hydrogens is 709 g/mol. The van der Waals surface area contributed by atoms with E-state index in [2.05, 4.69) is 45.1 Å². The minimum atomic E-state index is -0.773. The summed E-state index contributed by atoms with van der Waals surface area (Å²) in [6, 6.07) is 0. The zero-order chi connectivity index (χ0) is 41.5. The number of allylic oxidation sites excluding steroid dienone is 4. The maximum atomic E-state index is 12.7. The van der Waals surface area contributed by atoms with Crippen LogP contribution in [0, 0.1) is 0 Å². The van der Waals surface area contributed by atoms with Crippen LogP contribution >= 0.6 is 0 Å². The van der Waals surface area contributed by atoms with Crippen LogP contribution in [0.5, 0.6) is 0 Å². The molecule has 0 amide bonds. The lowest BCUT2D eigenvalue weighted by Gasteiger charge is -2.18. The molecule has 0 fully saturated rings. The lowest BCUT2D eigenvalue weighted by molar-refractivity contribution is -0.167. The van der Waals surface area contributed by atoms with E-state index in [9.17, 15) is 14.4 Å². The van der Waals surface area contributed by atoms with Crippen LogP contribution in [0.2, 0.25) is 0 Å². The molecule has 0 N–H and O–H groups in total. The minimum absolute atomic E-state index is 0.0739. The summed E-state index contributed by atoms with van der Waals surface area (Å²) in [5, 5.41) is 0. The predicted octanol–water partition coefficient (Wildman–Crippen LogP) is 16.0. The number of unbranched alkanes of at least 4 members (excludes halogenated alkanes) is 30. The van der Waals surface area contributed by atoms with Gasteiger partial charge in [0.15, 0.2) is 6.10 Å². The number of esters is 3. The van der Waals surface area contributed by atoms with Gasteiger partial charge in [0, 0.05) is 19.3 Å². The van der Waals surface area contributed by atoms with Crippen molar-refractivity contribution in [3.8, 4) is 0 Å². The molecule has 0 aliphatic heterocycles. The van der Waals surface area contributed by atoms with E-state index in [4.69, 9.17) is 14.2 Å². The van der Waals surface area contributed by atoms with Crippen LogP contribution in [0.15, 0.2) is 24.3 Å². The molecule has 0 spiro atoms. The predicted molar refractivity (Wildman–Crippen MR) is 243 cm³/mol. The molecule has 0 rings (SSSR count). The van der Waals surface area contributed by atoms with Crippen LogP contribution in [-0.4, -0.2) is 37.2 Å². The molecule has 6 heteroatoms. The first-order chi connectivity index (χ1) is 28.0. The maximum absolute atomic E-state index is 12.7. The molecule has 1 unspecified atom stereocenters. The molecule has 1 atom stereocenters. The van der Waals surface area contributed by atoms with Gasteiger partial charge < -0.3 is 14.2 Å². The summed E-state index contributed by atoms with van der Waals surface area (Å²) in [5.74, 6) is -0.883. The topological polar surface area (TPSA) is 78.9 Å². The third-order valence-electron chi connectivity index (χ3n) is 10.9. The highest BCUT2D eigenvalue weighted by Gasteiger charge is 2.19. The quantitative estimate of drug-likeness (QED) is 0.0264. The number of hydrogen-bond donors (Lipinski definition) is 0. The molecule has 6 nitrogen and oxygen atoms in total. The van der Waals surface area contributed by atoms with Crippen LogP contribution in [0.3, 0.4) is 0 Å². The molecule has 334 valence electrons. The van der Waals surface area contributed by atoms with Crippen LogP contribution < -0.4 is 0 Å². The number of carbonyl (C=O) groups excluding carboxylic acids is 3. The number of ether oxygens (including phenoxy) is 3. The first-order valence-corrected chi connectivity index (χ1v) is 24.8. The number of hydrogen-bond acceptors (Lipinski definition) is 6. The minimum Gasteiger partial charge on any atom is -0.462 e. The summed E-state index contributed by atoms with van der Waals surface area (Å²) in [4.78, 5) is 37.8. The molecule has 0 saturated heterocycles. The van der Waals surface area contributed by atoms with Gasteiger partial charge >= 0.3 is 17.9 Å². The van der Waals surface area contributed by atoms with E-state index in [1.807, 2.05) is 0 Å². The zero-order valence-electron chi connectivity index (χ0n) is 38.1. The maximum Gasteiger partial charge on any atom is 0.306 e. The Morgan fingerprint density at radius 3 is 0.895 bits per heavy atom. The Bertz CT molecular complexity index is 927. The van der Waals surface area contributed by atoms with E-state index in [1.165, 1.54) is 154 Å². The third kappa shape index (κ3) is 44.8. The van der Waals surface area contributed by atoms with Gasteiger partial charge in [0.25, 0.3) is 0 Å².